The summed E-state index contributed by atoms with van der Waals surface area (Å²) >= 11 is 0. The third-order valence-electron chi connectivity index (χ3n) is 4.28. The van der Waals surface area contributed by atoms with Crippen molar-refractivity contribution >= 4 is 0 Å². The number of hydrogen-bond donors (Lipinski definition) is 0. The minimum Gasteiger partial charge on any atom is -0.197 e. The van der Waals surface area contributed by atoms with Gasteiger partial charge >= 0.3 is 0 Å². The quantitative estimate of drug-likeness (QED) is 0.699. The first-order valence-electron chi connectivity index (χ1n) is 6.46. The number of rotatable bonds is 1. The van der Waals surface area contributed by atoms with E-state index < -0.39 is 0 Å². The molecule has 1 aliphatic rings. The lowest BCUT2D eigenvalue weighted by atomic mass is 9.63. The molecule has 1 heteroatoms. The normalized spacial score (nSPS) is 21.8. The zero-order valence-electron chi connectivity index (χ0n) is 11.1. The summed E-state index contributed by atoms with van der Waals surface area (Å²) in [6.45, 7) is 6.71. The molecule has 0 atom stereocenters. The van der Waals surface area contributed by atoms with Gasteiger partial charge in [0.1, 0.15) is 0 Å². The Kier molecular flexibility index (Phi) is 3.00. The Hall–Kier alpha value is -1.29. The van der Waals surface area contributed by atoms with Crippen LogP contribution in [0.3, 0.4) is 0 Å². The monoisotopic (exact) mass is 227 g/mol. The largest absolute Gasteiger partial charge is 0.197 e. The van der Waals surface area contributed by atoms with Crippen LogP contribution in [0.4, 0.5) is 0 Å². The summed E-state index contributed by atoms with van der Waals surface area (Å²) in [6.07, 6.45) is 4.29. The van der Waals surface area contributed by atoms with E-state index in [1.807, 2.05) is 0 Å². The Morgan fingerprint density at radius 3 is 2.00 bits per heavy atom. The van der Waals surface area contributed by atoms with Gasteiger partial charge in [-0.15, -0.1) is 0 Å². The molecule has 0 spiro atoms. The summed E-state index contributed by atoms with van der Waals surface area (Å²) in [6, 6.07) is 11.1. The van der Waals surface area contributed by atoms with Crippen molar-refractivity contribution in [1.29, 1.82) is 5.26 Å². The van der Waals surface area contributed by atoms with Gasteiger partial charge in [-0.1, -0.05) is 43.7 Å². The van der Waals surface area contributed by atoms with Gasteiger partial charge in [-0.3, -0.25) is 0 Å². The summed E-state index contributed by atoms with van der Waals surface area (Å²) in [4.78, 5) is 0. The van der Waals surface area contributed by atoms with Crippen molar-refractivity contribution < 1.29 is 0 Å². The number of nitriles is 1. The van der Waals surface area contributed by atoms with E-state index in [9.17, 15) is 5.26 Å². The summed E-state index contributed by atoms with van der Waals surface area (Å²) in [7, 11) is 0. The maximum atomic E-state index is 9.58. The number of hydrogen-bond acceptors (Lipinski definition) is 1. The van der Waals surface area contributed by atoms with E-state index in [1.165, 1.54) is 11.1 Å². The maximum Gasteiger partial charge on any atom is 0.0822 e. The molecule has 0 bridgehead atoms. The smallest absolute Gasteiger partial charge is 0.0822 e. The van der Waals surface area contributed by atoms with Crippen LogP contribution in [-0.4, -0.2) is 0 Å². The number of benzene rings is 1. The number of aryl methyl sites for hydroxylation is 1. The minimum absolute atomic E-state index is 0.233. The molecule has 1 aromatic rings. The molecular weight excluding hydrogens is 206 g/mol. The molecule has 0 aromatic heterocycles. The highest BCUT2D eigenvalue weighted by Crippen LogP contribution is 2.46. The second-order valence-electron chi connectivity index (χ2n) is 6.22. The fourth-order valence-electron chi connectivity index (χ4n) is 2.69. The van der Waals surface area contributed by atoms with Gasteiger partial charge in [0.15, 0.2) is 0 Å². The van der Waals surface area contributed by atoms with Crippen LogP contribution in [0.5, 0.6) is 0 Å². The molecule has 0 saturated heterocycles. The van der Waals surface area contributed by atoms with Crippen molar-refractivity contribution in [1.82, 2.24) is 0 Å². The van der Waals surface area contributed by atoms with Gasteiger partial charge in [0.2, 0.25) is 0 Å². The predicted molar refractivity (Wildman–Crippen MR) is 70.7 cm³/mol. The topological polar surface area (TPSA) is 23.8 Å². The fourth-order valence-corrected chi connectivity index (χ4v) is 2.69. The van der Waals surface area contributed by atoms with Gasteiger partial charge in [-0.25, -0.2) is 0 Å². The zero-order chi connectivity index (χ0) is 12.5. The molecule has 1 aliphatic carbocycles. The Balaban J connectivity index is 2.28. The van der Waals surface area contributed by atoms with E-state index in [-0.39, 0.29) is 5.41 Å². The molecule has 0 unspecified atom stereocenters. The molecule has 1 aromatic carbocycles. The standard InChI is InChI=1S/C16H21N/c1-13-4-6-14(7-5-13)16(12-17)10-8-15(2,3)9-11-16/h4-7H,8-11H2,1-3H3. The zero-order valence-corrected chi connectivity index (χ0v) is 11.1. The van der Waals surface area contributed by atoms with Crippen LogP contribution < -0.4 is 0 Å². The van der Waals surface area contributed by atoms with Crippen LogP contribution in [0.2, 0.25) is 0 Å². The fraction of sp³-hybridized carbons (Fsp3) is 0.562. The summed E-state index contributed by atoms with van der Waals surface area (Å²) in [5.74, 6) is 0. The van der Waals surface area contributed by atoms with Crippen LogP contribution in [0.1, 0.15) is 50.7 Å². The van der Waals surface area contributed by atoms with Gasteiger partial charge in [-0.2, -0.15) is 5.26 Å². The Morgan fingerprint density at radius 2 is 1.53 bits per heavy atom. The van der Waals surface area contributed by atoms with Crippen LogP contribution in [0.25, 0.3) is 0 Å². The molecule has 1 saturated carbocycles. The van der Waals surface area contributed by atoms with E-state index in [0.717, 1.165) is 25.7 Å². The lowest BCUT2D eigenvalue weighted by molar-refractivity contribution is 0.193. The molecule has 1 nitrogen and oxygen atoms in total. The molecule has 17 heavy (non-hydrogen) atoms. The highest BCUT2D eigenvalue weighted by molar-refractivity contribution is 5.35. The lowest BCUT2D eigenvalue weighted by Gasteiger charge is -2.39. The Morgan fingerprint density at radius 1 is 1.00 bits per heavy atom. The van der Waals surface area contributed by atoms with Crippen molar-refractivity contribution in [3.05, 3.63) is 35.4 Å². The summed E-state index contributed by atoms with van der Waals surface area (Å²) < 4.78 is 0. The Labute approximate surface area is 104 Å². The first-order valence-corrected chi connectivity index (χ1v) is 6.46. The Bertz CT molecular complexity index is 424. The first kappa shape index (κ1) is 12.2. The summed E-state index contributed by atoms with van der Waals surface area (Å²) in [5.41, 5.74) is 2.65. The van der Waals surface area contributed by atoms with Crippen molar-refractivity contribution in [3.63, 3.8) is 0 Å². The molecule has 0 N–H and O–H groups in total. The molecular formula is C16H21N. The van der Waals surface area contributed by atoms with E-state index in [0.29, 0.717) is 5.41 Å². The third kappa shape index (κ3) is 2.36. The van der Waals surface area contributed by atoms with E-state index in [1.54, 1.807) is 0 Å². The highest BCUT2D eigenvalue weighted by Gasteiger charge is 2.39. The van der Waals surface area contributed by atoms with E-state index in [4.69, 9.17) is 0 Å². The van der Waals surface area contributed by atoms with Gasteiger partial charge in [0.05, 0.1) is 11.5 Å². The second kappa shape index (κ2) is 4.18. The molecule has 0 heterocycles. The van der Waals surface area contributed by atoms with Gasteiger partial charge in [-0.05, 0) is 43.6 Å². The van der Waals surface area contributed by atoms with Crippen molar-refractivity contribution in [2.45, 2.75) is 51.9 Å². The van der Waals surface area contributed by atoms with Crippen molar-refractivity contribution in [2.75, 3.05) is 0 Å². The van der Waals surface area contributed by atoms with E-state index >= 15 is 0 Å². The van der Waals surface area contributed by atoms with Crippen LogP contribution in [-0.2, 0) is 5.41 Å². The predicted octanol–water partition coefficient (Wildman–Crippen LogP) is 4.36. The van der Waals surface area contributed by atoms with Crippen LogP contribution in [0.15, 0.2) is 24.3 Å². The van der Waals surface area contributed by atoms with Gasteiger partial charge in [0.25, 0.3) is 0 Å². The van der Waals surface area contributed by atoms with Crippen LogP contribution in [0, 0.1) is 23.7 Å². The molecule has 0 radical (unpaired) electrons. The minimum atomic E-state index is -0.233. The van der Waals surface area contributed by atoms with Gasteiger partial charge < -0.3 is 0 Å². The lowest BCUT2D eigenvalue weighted by Crippen LogP contribution is -2.33. The van der Waals surface area contributed by atoms with Gasteiger partial charge in [0, 0.05) is 0 Å². The highest BCUT2D eigenvalue weighted by atomic mass is 14.4. The SMILES string of the molecule is Cc1ccc(C2(C#N)CCC(C)(C)CC2)cc1. The van der Waals surface area contributed by atoms with E-state index in [2.05, 4.69) is 51.1 Å². The second-order valence-corrected chi connectivity index (χ2v) is 6.22. The molecule has 0 amide bonds. The molecule has 90 valence electrons. The number of nitrogens with zero attached hydrogens (tertiary/aromatic N) is 1. The third-order valence-corrected chi connectivity index (χ3v) is 4.28. The average molecular weight is 227 g/mol. The average Bonchev–Trinajstić information content (AvgIpc) is 2.31. The maximum absolute atomic E-state index is 9.58. The van der Waals surface area contributed by atoms with Crippen molar-refractivity contribution in [2.24, 2.45) is 5.41 Å². The molecule has 1 fully saturated rings. The van der Waals surface area contributed by atoms with Crippen molar-refractivity contribution in [3.8, 4) is 6.07 Å². The molecule has 0 aliphatic heterocycles. The summed E-state index contributed by atoms with van der Waals surface area (Å²) in [5, 5.41) is 9.58. The van der Waals surface area contributed by atoms with Crippen LogP contribution >= 0.6 is 0 Å². The molecule has 2 rings (SSSR count). The first-order chi connectivity index (χ1) is 7.97.